The van der Waals surface area contributed by atoms with Gasteiger partial charge in [0.15, 0.2) is 0 Å². The number of anilines is 1. The maximum atomic E-state index is 12.6. The number of benzene rings is 2. The molecule has 0 fully saturated rings. The van der Waals surface area contributed by atoms with Crippen LogP contribution < -0.4 is 14.8 Å². The first-order chi connectivity index (χ1) is 14.6. The molecule has 1 amide bonds. The fourth-order valence-corrected chi connectivity index (χ4v) is 4.84. The molecular weight excluding hydrogens is 436 g/mol. The molecule has 8 nitrogen and oxygen atoms in total. The minimum absolute atomic E-state index is 0.103. The van der Waals surface area contributed by atoms with Crippen molar-refractivity contribution in [2.75, 3.05) is 11.9 Å². The molecule has 0 radical (unpaired) electrons. The Balaban J connectivity index is 1.59. The van der Waals surface area contributed by atoms with Crippen LogP contribution in [-0.4, -0.2) is 37.2 Å². The lowest BCUT2D eigenvalue weighted by Gasteiger charge is -2.14. The van der Waals surface area contributed by atoms with Gasteiger partial charge >= 0.3 is 0 Å². The van der Waals surface area contributed by atoms with Crippen LogP contribution in [-0.2, 0) is 10.0 Å². The van der Waals surface area contributed by atoms with Gasteiger partial charge in [0, 0.05) is 5.56 Å². The summed E-state index contributed by atoms with van der Waals surface area (Å²) in [6.45, 7) is 7.72. The summed E-state index contributed by atoms with van der Waals surface area (Å²) in [5, 5.41) is 10.2. The van der Waals surface area contributed by atoms with Crippen LogP contribution in [0, 0.1) is 20.8 Å². The van der Waals surface area contributed by atoms with E-state index in [2.05, 4.69) is 20.2 Å². The zero-order valence-corrected chi connectivity index (χ0v) is 19.3. The van der Waals surface area contributed by atoms with E-state index >= 15 is 0 Å². The number of hydrogen-bond donors (Lipinski definition) is 2. The summed E-state index contributed by atoms with van der Waals surface area (Å²) in [6, 6.07) is 12.2. The van der Waals surface area contributed by atoms with Crippen LogP contribution in [0.2, 0.25) is 0 Å². The van der Waals surface area contributed by atoms with Crippen LogP contribution in [0.1, 0.15) is 34.0 Å². The van der Waals surface area contributed by atoms with Crippen molar-refractivity contribution in [3.8, 4) is 5.75 Å². The molecule has 0 saturated carbocycles. The number of sulfonamides is 1. The van der Waals surface area contributed by atoms with Gasteiger partial charge in [-0.1, -0.05) is 35.1 Å². The molecule has 0 aliphatic heterocycles. The van der Waals surface area contributed by atoms with Crippen molar-refractivity contribution in [2.45, 2.75) is 38.1 Å². The third-order valence-electron chi connectivity index (χ3n) is 4.47. The summed E-state index contributed by atoms with van der Waals surface area (Å²) < 4.78 is 33.2. The predicted octanol–water partition coefficient (Wildman–Crippen LogP) is 3.46. The van der Waals surface area contributed by atoms with Crippen molar-refractivity contribution in [2.24, 2.45) is 0 Å². The maximum absolute atomic E-state index is 12.6. The number of ether oxygens (including phenoxy) is 1. The summed E-state index contributed by atoms with van der Waals surface area (Å²) in [7, 11) is -3.90. The third kappa shape index (κ3) is 6.09. The Kier molecular flexibility index (Phi) is 7.04. The van der Waals surface area contributed by atoms with Crippen molar-refractivity contribution in [3.63, 3.8) is 0 Å². The van der Waals surface area contributed by atoms with Crippen LogP contribution in [0.25, 0.3) is 0 Å². The number of hydrogen-bond acceptors (Lipinski definition) is 7. The summed E-state index contributed by atoms with van der Waals surface area (Å²) in [5.74, 6) is 0.290. The van der Waals surface area contributed by atoms with E-state index in [1.165, 1.54) is 0 Å². The van der Waals surface area contributed by atoms with Gasteiger partial charge in [0.25, 0.3) is 15.9 Å². The standard InChI is InChI=1S/C21H24N4O4S2/c1-13-6-5-7-17(10-13)19(26)22-20-23-24-21(30-20)31(27,28)25-16(4)12-29-18-9-8-14(2)15(3)11-18/h5-11,16,25H,12H2,1-4H3,(H,22,23,26). The molecule has 1 aromatic heterocycles. The van der Waals surface area contributed by atoms with E-state index in [1.807, 2.05) is 45.0 Å². The van der Waals surface area contributed by atoms with Gasteiger partial charge < -0.3 is 4.74 Å². The monoisotopic (exact) mass is 460 g/mol. The van der Waals surface area contributed by atoms with Gasteiger partial charge in [-0.05, 0) is 63.1 Å². The number of amides is 1. The SMILES string of the molecule is Cc1cccc(C(=O)Nc2nnc(S(=O)(=O)NC(C)COc3ccc(C)c(C)c3)s2)c1. The van der Waals surface area contributed by atoms with Crippen molar-refractivity contribution < 1.29 is 17.9 Å². The molecule has 0 spiro atoms. The number of aromatic nitrogens is 2. The molecule has 10 heteroatoms. The van der Waals surface area contributed by atoms with Crippen LogP contribution in [0.15, 0.2) is 46.8 Å². The Hall–Kier alpha value is -2.82. The topological polar surface area (TPSA) is 110 Å². The lowest BCUT2D eigenvalue weighted by molar-refractivity contribution is 0.102. The molecule has 3 aromatic rings. The zero-order chi connectivity index (χ0) is 22.6. The van der Waals surface area contributed by atoms with Gasteiger partial charge in [0.05, 0.1) is 6.04 Å². The lowest BCUT2D eigenvalue weighted by Crippen LogP contribution is -2.36. The Labute approximate surface area is 185 Å². The number of aryl methyl sites for hydroxylation is 3. The van der Waals surface area contributed by atoms with Crippen molar-refractivity contribution in [1.29, 1.82) is 0 Å². The Morgan fingerprint density at radius 1 is 1.10 bits per heavy atom. The molecule has 2 aromatic carbocycles. The first kappa shape index (κ1) is 22.9. The first-order valence-corrected chi connectivity index (χ1v) is 11.9. The van der Waals surface area contributed by atoms with Gasteiger partial charge in [-0.15, -0.1) is 10.2 Å². The minimum atomic E-state index is -3.90. The van der Waals surface area contributed by atoms with E-state index in [0.717, 1.165) is 28.0 Å². The largest absolute Gasteiger partial charge is 0.492 e. The average molecular weight is 461 g/mol. The molecule has 2 N–H and O–H groups in total. The number of nitrogens with zero attached hydrogens (tertiary/aromatic N) is 2. The molecule has 0 bridgehead atoms. The van der Waals surface area contributed by atoms with E-state index in [4.69, 9.17) is 4.74 Å². The van der Waals surface area contributed by atoms with Crippen molar-refractivity contribution >= 4 is 32.4 Å². The second-order valence-electron chi connectivity index (χ2n) is 7.28. The molecule has 31 heavy (non-hydrogen) atoms. The molecule has 1 atom stereocenters. The van der Waals surface area contributed by atoms with Crippen LogP contribution in [0.5, 0.6) is 5.75 Å². The fraction of sp³-hybridized carbons (Fsp3) is 0.286. The van der Waals surface area contributed by atoms with Crippen LogP contribution in [0.3, 0.4) is 0 Å². The Morgan fingerprint density at radius 2 is 1.87 bits per heavy atom. The molecule has 0 aliphatic carbocycles. The number of carbonyl (C=O) groups is 1. The quantitative estimate of drug-likeness (QED) is 0.498. The summed E-state index contributed by atoms with van der Waals surface area (Å²) in [6.07, 6.45) is 0. The van der Waals surface area contributed by atoms with Gasteiger partial charge in [0.2, 0.25) is 9.47 Å². The first-order valence-electron chi connectivity index (χ1n) is 9.58. The van der Waals surface area contributed by atoms with Gasteiger partial charge in [-0.2, -0.15) is 0 Å². The molecule has 164 valence electrons. The second kappa shape index (κ2) is 9.54. The van der Waals surface area contributed by atoms with E-state index in [9.17, 15) is 13.2 Å². The average Bonchev–Trinajstić information content (AvgIpc) is 3.18. The van der Waals surface area contributed by atoms with Gasteiger partial charge in [-0.25, -0.2) is 13.1 Å². The van der Waals surface area contributed by atoms with E-state index in [-0.39, 0.29) is 22.0 Å². The Bertz CT molecular complexity index is 1190. The van der Waals surface area contributed by atoms with Crippen molar-refractivity contribution in [1.82, 2.24) is 14.9 Å². The highest BCUT2D eigenvalue weighted by Crippen LogP contribution is 2.21. The van der Waals surface area contributed by atoms with Crippen LogP contribution in [0.4, 0.5) is 5.13 Å². The second-order valence-corrected chi connectivity index (χ2v) is 10.1. The normalized spacial score (nSPS) is 12.4. The van der Waals surface area contributed by atoms with E-state index < -0.39 is 16.1 Å². The van der Waals surface area contributed by atoms with Gasteiger partial charge in [0.1, 0.15) is 12.4 Å². The van der Waals surface area contributed by atoms with Crippen LogP contribution >= 0.6 is 11.3 Å². The summed E-state index contributed by atoms with van der Waals surface area (Å²) in [5.41, 5.74) is 3.65. The molecule has 1 unspecified atom stereocenters. The third-order valence-corrected chi connectivity index (χ3v) is 7.27. The molecule has 1 heterocycles. The van der Waals surface area contributed by atoms with Gasteiger partial charge in [-0.3, -0.25) is 10.1 Å². The minimum Gasteiger partial charge on any atom is -0.492 e. The number of rotatable bonds is 8. The molecule has 0 saturated heterocycles. The van der Waals surface area contributed by atoms with Crippen molar-refractivity contribution in [3.05, 3.63) is 64.7 Å². The molecule has 3 rings (SSSR count). The fourth-order valence-electron chi connectivity index (χ4n) is 2.70. The maximum Gasteiger partial charge on any atom is 0.270 e. The molecule has 0 aliphatic rings. The number of carbonyl (C=O) groups excluding carboxylic acids is 1. The van der Waals surface area contributed by atoms with E-state index in [0.29, 0.717) is 11.3 Å². The van der Waals surface area contributed by atoms with E-state index in [1.54, 1.807) is 25.1 Å². The highest BCUT2D eigenvalue weighted by atomic mass is 32.2. The summed E-state index contributed by atoms with van der Waals surface area (Å²) in [4.78, 5) is 12.3. The number of nitrogens with one attached hydrogen (secondary N) is 2. The summed E-state index contributed by atoms with van der Waals surface area (Å²) >= 11 is 0.782. The highest BCUT2D eigenvalue weighted by molar-refractivity contribution is 7.91. The zero-order valence-electron chi connectivity index (χ0n) is 17.7. The smallest absolute Gasteiger partial charge is 0.270 e. The lowest BCUT2D eigenvalue weighted by atomic mass is 10.1. The predicted molar refractivity (Wildman–Crippen MR) is 120 cm³/mol. The molecular formula is C21H24N4O4S2. The highest BCUT2D eigenvalue weighted by Gasteiger charge is 2.23. The Morgan fingerprint density at radius 3 is 2.58 bits per heavy atom.